The van der Waals surface area contributed by atoms with E-state index in [4.69, 9.17) is 5.11 Å². The van der Waals surface area contributed by atoms with Crippen molar-refractivity contribution in [3.8, 4) is 0 Å². The molecule has 0 atom stereocenters. The van der Waals surface area contributed by atoms with Gasteiger partial charge in [0, 0.05) is 0 Å². The molecule has 0 amide bonds. The van der Waals surface area contributed by atoms with Crippen LogP contribution in [0.2, 0.25) is 0 Å². The second-order valence-electron chi connectivity index (χ2n) is 1.09. The largest absolute Gasteiger partial charge is 0.481 e. The second kappa shape index (κ2) is 3.01. The summed E-state index contributed by atoms with van der Waals surface area (Å²) in [6.45, 7) is 0. The van der Waals surface area contributed by atoms with Gasteiger partial charge >= 0.3 is 11.9 Å². The highest BCUT2D eigenvalue weighted by atomic mass is 16.5. The first-order chi connectivity index (χ1) is 3.66. The molecule has 4 heteroatoms. The topological polar surface area (TPSA) is 63.6 Å². The molecule has 0 saturated carbocycles. The number of carbonyl (C=O) groups excluding carboxylic acids is 1. The Morgan fingerprint density at radius 2 is 2.12 bits per heavy atom. The van der Waals surface area contributed by atoms with E-state index in [0.29, 0.717) is 0 Å². The molecule has 1 N–H and O–H groups in total. The minimum absolute atomic E-state index is 0.622. The molecule has 0 aliphatic carbocycles. The summed E-state index contributed by atoms with van der Waals surface area (Å²) >= 11 is 0. The van der Waals surface area contributed by atoms with Crippen molar-refractivity contribution in [2.45, 2.75) is 6.42 Å². The molecule has 0 saturated heterocycles. The zero-order valence-corrected chi connectivity index (χ0v) is 4.09. The molecular formula is C4H5O4. The van der Waals surface area contributed by atoms with Crippen molar-refractivity contribution in [1.29, 1.82) is 0 Å². The third kappa shape index (κ3) is 3.14. The van der Waals surface area contributed by atoms with Crippen LogP contribution in [-0.2, 0) is 14.3 Å². The molecule has 8 heavy (non-hydrogen) atoms. The lowest BCUT2D eigenvalue weighted by Crippen LogP contribution is -2.06. The SMILES string of the molecule is [CH2]OC(=O)CC(=O)O. The van der Waals surface area contributed by atoms with Gasteiger partial charge in [-0.3, -0.25) is 9.59 Å². The molecule has 0 aliphatic heterocycles. The van der Waals surface area contributed by atoms with Crippen molar-refractivity contribution >= 4 is 11.9 Å². The van der Waals surface area contributed by atoms with Gasteiger partial charge < -0.3 is 9.84 Å². The number of hydrogen-bond donors (Lipinski definition) is 1. The van der Waals surface area contributed by atoms with Gasteiger partial charge in [0.2, 0.25) is 0 Å². The zero-order chi connectivity index (χ0) is 6.57. The minimum atomic E-state index is -1.21. The predicted molar refractivity (Wildman–Crippen MR) is 23.7 cm³/mol. The summed E-state index contributed by atoms with van der Waals surface area (Å²) in [7, 11) is 2.73. The first-order valence-corrected chi connectivity index (χ1v) is 1.83. The molecule has 0 heterocycles. The lowest BCUT2D eigenvalue weighted by Gasteiger charge is -1.89. The van der Waals surface area contributed by atoms with Crippen molar-refractivity contribution in [1.82, 2.24) is 0 Å². The van der Waals surface area contributed by atoms with Crippen LogP contribution in [0.25, 0.3) is 0 Å². The maximum absolute atomic E-state index is 9.96. The smallest absolute Gasteiger partial charge is 0.317 e. The Bertz CT molecular complexity index is 107. The number of carbonyl (C=O) groups is 2. The highest BCUT2D eigenvalue weighted by Crippen LogP contribution is 1.82. The Kier molecular flexibility index (Phi) is 2.61. The summed E-state index contributed by atoms with van der Waals surface area (Å²) in [6.07, 6.45) is -0.622. The minimum Gasteiger partial charge on any atom is -0.481 e. The highest BCUT2D eigenvalue weighted by molar-refractivity contribution is 5.90. The van der Waals surface area contributed by atoms with Gasteiger partial charge in [-0.1, -0.05) is 0 Å². The first-order valence-electron chi connectivity index (χ1n) is 1.83. The van der Waals surface area contributed by atoms with Crippen LogP contribution in [0.15, 0.2) is 0 Å². The second-order valence-corrected chi connectivity index (χ2v) is 1.09. The molecule has 0 unspecified atom stereocenters. The summed E-state index contributed by atoms with van der Waals surface area (Å²) in [4.78, 5) is 19.6. The Hall–Kier alpha value is -1.06. The number of ether oxygens (including phenoxy) is 1. The fraction of sp³-hybridized carbons (Fsp3) is 0.250. The quantitative estimate of drug-likeness (QED) is 0.401. The van der Waals surface area contributed by atoms with Gasteiger partial charge in [0.05, 0.1) is 0 Å². The van der Waals surface area contributed by atoms with Crippen molar-refractivity contribution in [2.75, 3.05) is 0 Å². The Balaban J connectivity index is 3.40. The highest BCUT2D eigenvalue weighted by Gasteiger charge is 2.04. The molecule has 4 nitrogen and oxygen atoms in total. The molecule has 0 bridgehead atoms. The number of carboxylic acid groups (broad SMARTS) is 1. The molecule has 0 spiro atoms. The van der Waals surface area contributed by atoms with E-state index in [9.17, 15) is 9.59 Å². The summed E-state index contributed by atoms with van der Waals surface area (Å²) in [5.74, 6) is -2.05. The zero-order valence-electron chi connectivity index (χ0n) is 4.09. The summed E-state index contributed by atoms with van der Waals surface area (Å²) < 4.78 is 3.79. The van der Waals surface area contributed by atoms with E-state index in [2.05, 4.69) is 11.8 Å². The molecule has 45 valence electrons. The van der Waals surface area contributed by atoms with Gasteiger partial charge in [-0.25, -0.2) is 0 Å². The lowest BCUT2D eigenvalue weighted by molar-refractivity contribution is -0.147. The summed E-state index contributed by atoms with van der Waals surface area (Å²) in [6, 6.07) is 0. The molecular weight excluding hydrogens is 112 g/mol. The van der Waals surface area contributed by atoms with E-state index >= 15 is 0 Å². The average molecular weight is 117 g/mol. The van der Waals surface area contributed by atoms with Gasteiger partial charge in [-0.15, -0.1) is 0 Å². The van der Waals surface area contributed by atoms with E-state index in [-0.39, 0.29) is 0 Å². The lowest BCUT2D eigenvalue weighted by atomic mass is 10.4. The van der Waals surface area contributed by atoms with Gasteiger partial charge in [-0.2, -0.15) is 0 Å². The van der Waals surface area contributed by atoms with Crippen LogP contribution < -0.4 is 0 Å². The average Bonchev–Trinajstić information content (AvgIpc) is 1.65. The van der Waals surface area contributed by atoms with Crippen molar-refractivity contribution < 1.29 is 19.4 Å². The molecule has 0 rings (SSSR count). The van der Waals surface area contributed by atoms with Crippen LogP contribution in [-0.4, -0.2) is 17.0 Å². The molecule has 1 radical (unpaired) electrons. The molecule has 0 aromatic heterocycles. The van der Waals surface area contributed by atoms with Crippen LogP contribution in [0, 0.1) is 7.11 Å². The Morgan fingerprint density at radius 3 is 2.25 bits per heavy atom. The predicted octanol–water partition coefficient (Wildman–Crippen LogP) is -0.204. The van der Waals surface area contributed by atoms with Gasteiger partial charge in [0.1, 0.15) is 13.5 Å². The van der Waals surface area contributed by atoms with Crippen molar-refractivity contribution in [3.05, 3.63) is 7.11 Å². The van der Waals surface area contributed by atoms with E-state index < -0.39 is 18.4 Å². The molecule has 0 aromatic carbocycles. The van der Waals surface area contributed by atoms with Crippen molar-refractivity contribution in [2.24, 2.45) is 0 Å². The van der Waals surface area contributed by atoms with Crippen LogP contribution in [0.3, 0.4) is 0 Å². The monoisotopic (exact) mass is 117 g/mol. The Morgan fingerprint density at radius 1 is 1.62 bits per heavy atom. The van der Waals surface area contributed by atoms with Gasteiger partial charge in [-0.05, 0) is 0 Å². The van der Waals surface area contributed by atoms with E-state index in [0.717, 1.165) is 0 Å². The van der Waals surface area contributed by atoms with Crippen LogP contribution in [0.1, 0.15) is 6.42 Å². The van der Waals surface area contributed by atoms with Crippen LogP contribution >= 0.6 is 0 Å². The molecule has 0 aliphatic rings. The van der Waals surface area contributed by atoms with Crippen molar-refractivity contribution in [3.63, 3.8) is 0 Å². The number of rotatable bonds is 2. The first kappa shape index (κ1) is 6.94. The number of carboxylic acids is 1. The van der Waals surface area contributed by atoms with Gasteiger partial charge in [0.25, 0.3) is 0 Å². The number of hydrogen-bond acceptors (Lipinski definition) is 3. The maximum atomic E-state index is 9.96. The fourth-order valence-electron chi connectivity index (χ4n) is 0.175. The third-order valence-corrected chi connectivity index (χ3v) is 0.457. The summed E-state index contributed by atoms with van der Waals surface area (Å²) in [5, 5.41) is 7.89. The molecule has 0 fully saturated rings. The Labute approximate surface area is 46.1 Å². The van der Waals surface area contributed by atoms with E-state index in [1.165, 1.54) is 0 Å². The van der Waals surface area contributed by atoms with Crippen LogP contribution in [0.4, 0.5) is 0 Å². The van der Waals surface area contributed by atoms with Gasteiger partial charge in [0.15, 0.2) is 0 Å². The standard InChI is InChI=1S/C4H5O4/c1-8-4(7)2-3(5)6/h1-2H2,(H,5,6). The number of esters is 1. The van der Waals surface area contributed by atoms with Crippen LogP contribution in [0.5, 0.6) is 0 Å². The molecule has 0 aromatic rings. The normalized spacial score (nSPS) is 8.12. The van der Waals surface area contributed by atoms with E-state index in [1.807, 2.05) is 0 Å². The summed E-state index contributed by atoms with van der Waals surface area (Å²) in [5.41, 5.74) is 0. The third-order valence-electron chi connectivity index (χ3n) is 0.457. The van der Waals surface area contributed by atoms with E-state index in [1.54, 1.807) is 0 Å². The number of aliphatic carboxylic acids is 1. The fourth-order valence-corrected chi connectivity index (χ4v) is 0.175. The maximum Gasteiger partial charge on any atom is 0.317 e.